The van der Waals surface area contributed by atoms with Gasteiger partial charge in [-0.25, -0.2) is 9.37 Å². The van der Waals surface area contributed by atoms with Gasteiger partial charge in [0.05, 0.1) is 22.2 Å². The Kier molecular flexibility index (Phi) is 4.46. The van der Waals surface area contributed by atoms with Crippen LogP contribution in [-0.4, -0.2) is 14.7 Å². The summed E-state index contributed by atoms with van der Waals surface area (Å²) in [4.78, 5) is 4.44. The molecule has 3 nitrogen and oxygen atoms in total. The molecule has 0 aliphatic rings. The van der Waals surface area contributed by atoms with E-state index >= 15 is 0 Å². The minimum atomic E-state index is -0.547. The van der Waals surface area contributed by atoms with Crippen molar-refractivity contribution in [1.82, 2.24) is 9.55 Å². The van der Waals surface area contributed by atoms with E-state index in [4.69, 9.17) is 11.6 Å². The molecular formula is C22H18ClFN2O. The van der Waals surface area contributed by atoms with Crippen molar-refractivity contribution in [3.8, 4) is 16.8 Å². The monoisotopic (exact) mass is 380 g/mol. The molecule has 0 saturated carbocycles. The lowest BCUT2D eigenvalue weighted by Crippen LogP contribution is -1.95. The molecule has 0 spiro atoms. The molecule has 0 amide bonds. The first-order valence-electron chi connectivity index (χ1n) is 8.66. The Balaban J connectivity index is 1.85. The fourth-order valence-electron chi connectivity index (χ4n) is 3.23. The zero-order valence-electron chi connectivity index (χ0n) is 14.9. The fourth-order valence-corrected chi connectivity index (χ4v) is 3.48. The van der Waals surface area contributed by atoms with Crippen LogP contribution in [0.4, 0.5) is 4.39 Å². The Bertz CT molecular complexity index is 1150. The van der Waals surface area contributed by atoms with Crippen molar-refractivity contribution in [1.29, 1.82) is 0 Å². The highest BCUT2D eigenvalue weighted by atomic mass is 35.5. The van der Waals surface area contributed by atoms with Gasteiger partial charge in [0.15, 0.2) is 0 Å². The topological polar surface area (TPSA) is 38.0 Å². The Morgan fingerprint density at radius 3 is 2.70 bits per heavy atom. The number of rotatable bonds is 3. The normalized spacial score (nSPS) is 12.5. The Hall–Kier alpha value is -2.69. The molecule has 0 bridgehead atoms. The summed E-state index contributed by atoms with van der Waals surface area (Å²) in [6.07, 6.45) is 1.18. The highest BCUT2D eigenvalue weighted by Crippen LogP contribution is 2.33. The summed E-state index contributed by atoms with van der Waals surface area (Å²) in [5.41, 5.74) is 5.04. The third-order valence-corrected chi connectivity index (χ3v) is 5.07. The number of imidazole rings is 1. The van der Waals surface area contributed by atoms with E-state index in [-0.39, 0.29) is 5.82 Å². The van der Waals surface area contributed by atoms with E-state index in [2.05, 4.69) is 4.98 Å². The van der Waals surface area contributed by atoms with Gasteiger partial charge in [-0.05, 0) is 60.9 Å². The molecule has 0 fully saturated rings. The van der Waals surface area contributed by atoms with Crippen molar-refractivity contribution in [3.05, 3.63) is 82.9 Å². The number of hydrogen-bond donors (Lipinski definition) is 1. The standard InChI is InChI=1S/C22H18ClFN2O/c1-13-6-8-18(23)21(22(13)24)16-4-3-5-17(10-16)26-12-25-19-11-15(14(2)27)7-9-20(19)26/h3-12,14,27H,1-2H3. The van der Waals surface area contributed by atoms with E-state index in [0.29, 0.717) is 21.7 Å². The molecule has 0 aliphatic carbocycles. The number of aromatic nitrogens is 2. The van der Waals surface area contributed by atoms with E-state index < -0.39 is 6.10 Å². The summed E-state index contributed by atoms with van der Waals surface area (Å²) in [5, 5.41) is 10.1. The molecule has 4 rings (SSSR count). The summed E-state index contributed by atoms with van der Waals surface area (Å²) in [6, 6.07) is 16.6. The quantitative estimate of drug-likeness (QED) is 0.484. The Morgan fingerprint density at radius 2 is 1.93 bits per heavy atom. The smallest absolute Gasteiger partial charge is 0.135 e. The van der Waals surface area contributed by atoms with Crippen LogP contribution in [0.15, 0.2) is 60.9 Å². The van der Waals surface area contributed by atoms with Gasteiger partial charge in [0.1, 0.15) is 12.1 Å². The van der Waals surface area contributed by atoms with E-state index in [0.717, 1.165) is 22.3 Å². The molecule has 136 valence electrons. The van der Waals surface area contributed by atoms with Gasteiger partial charge in [0.25, 0.3) is 0 Å². The molecule has 3 aromatic carbocycles. The fraction of sp³-hybridized carbons (Fsp3) is 0.136. The largest absolute Gasteiger partial charge is 0.389 e. The number of aryl methyl sites for hydroxylation is 1. The van der Waals surface area contributed by atoms with Crippen LogP contribution in [0.1, 0.15) is 24.2 Å². The van der Waals surface area contributed by atoms with Gasteiger partial charge in [0.2, 0.25) is 0 Å². The molecule has 1 aromatic heterocycles. The first-order valence-corrected chi connectivity index (χ1v) is 9.04. The molecule has 4 aromatic rings. The second kappa shape index (κ2) is 6.80. The van der Waals surface area contributed by atoms with Crippen molar-refractivity contribution < 1.29 is 9.50 Å². The molecule has 0 saturated heterocycles. The van der Waals surface area contributed by atoms with Crippen molar-refractivity contribution in [3.63, 3.8) is 0 Å². The van der Waals surface area contributed by atoms with Gasteiger partial charge in [-0.2, -0.15) is 0 Å². The van der Waals surface area contributed by atoms with Crippen LogP contribution < -0.4 is 0 Å². The predicted octanol–water partition coefficient (Wildman–Crippen LogP) is 5.85. The van der Waals surface area contributed by atoms with E-state index in [9.17, 15) is 9.50 Å². The summed E-state index contributed by atoms with van der Waals surface area (Å²) in [5.74, 6) is -0.309. The van der Waals surface area contributed by atoms with Crippen molar-refractivity contribution in [2.45, 2.75) is 20.0 Å². The Labute approximate surface area is 161 Å². The maximum atomic E-state index is 14.7. The van der Waals surface area contributed by atoms with Gasteiger partial charge in [-0.3, -0.25) is 4.57 Å². The van der Waals surface area contributed by atoms with E-state index in [1.807, 2.05) is 47.0 Å². The maximum absolute atomic E-state index is 14.7. The van der Waals surface area contributed by atoms with E-state index in [1.54, 1.807) is 32.3 Å². The number of halogens is 2. The summed E-state index contributed by atoms with van der Waals surface area (Å²) in [6.45, 7) is 3.45. The molecule has 1 heterocycles. The summed E-state index contributed by atoms with van der Waals surface area (Å²) in [7, 11) is 0. The predicted molar refractivity (Wildman–Crippen MR) is 107 cm³/mol. The maximum Gasteiger partial charge on any atom is 0.135 e. The number of nitrogens with zero attached hydrogens (tertiary/aromatic N) is 2. The second-order valence-corrected chi connectivity index (χ2v) is 7.05. The third-order valence-electron chi connectivity index (χ3n) is 4.75. The number of hydrogen-bond acceptors (Lipinski definition) is 2. The molecular weight excluding hydrogens is 363 g/mol. The lowest BCUT2D eigenvalue weighted by atomic mass is 10.0. The average Bonchev–Trinajstić information content (AvgIpc) is 3.08. The number of fused-ring (bicyclic) bond motifs is 1. The second-order valence-electron chi connectivity index (χ2n) is 6.64. The number of benzene rings is 3. The van der Waals surface area contributed by atoms with Crippen LogP contribution in [0.5, 0.6) is 0 Å². The molecule has 1 N–H and O–H groups in total. The van der Waals surface area contributed by atoms with Crippen LogP contribution >= 0.6 is 11.6 Å². The van der Waals surface area contributed by atoms with Crippen molar-refractivity contribution >= 4 is 22.6 Å². The zero-order chi connectivity index (χ0) is 19.1. The molecule has 0 aliphatic heterocycles. The SMILES string of the molecule is Cc1ccc(Cl)c(-c2cccc(-n3cnc4cc(C(C)O)ccc43)c2)c1F. The molecule has 0 radical (unpaired) electrons. The lowest BCUT2D eigenvalue weighted by molar-refractivity contribution is 0.199. The van der Waals surface area contributed by atoms with Gasteiger partial charge >= 0.3 is 0 Å². The lowest BCUT2D eigenvalue weighted by Gasteiger charge is -2.11. The first kappa shape index (κ1) is 17.7. The summed E-state index contributed by atoms with van der Waals surface area (Å²) < 4.78 is 16.6. The van der Waals surface area contributed by atoms with Crippen molar-refractivity contribution in [2.24, 2.45) is 0 Å². The van der Waals surface area contributed by atoms with Crippen LogP contribution in [0.3, 0.4) is 0 Å². The first-order chi connectivity index (χ1) is 13.0. The van der Waals surface area contributed by atoms with Crippen LogP contribution in [0.25, 0.3) is 27.8 Å². The van der Waals surface area contributed by atoms with E-state index in [1.165, 1.54) is 0 Å². The molecule has 1 unspecified atom stereocenters. The minimum absolute atomic E-state index is 0.309. The molecule has 27 heavy (non-hydrogen) atoms. The van der Waals surface area contributed by atoms with Gasteiger partial charge in [-0.15, -0.1) is 0 Å². The van der Waals surface area contributed by atoms with Gasteiger partial charge < -0.3 is 5.11 Å². The number of aliphatic hydroxyl groups excluding tert-OH is 1. The van der Waals surface area contributed by atoms with Gasteiger partial charge in [-0.1, -0.05) is 35.9 Å². The minimum Gasteiger partial charge on any atom is -0.389 e. The van der Waals surface area contributed by atoms with Crippen LogP contribution in [0, 0.1) is 12.7 Å². The van der Waals surface area contributed by atoms with Gasteiger partial charge in [0, 0.05) is 11.3 Å². The number of aliphatic hydroxyl groups is 1. The molecule has 1 atom stereocenters. The average molecular weight is 381 g/mol. The summed E-state index contributed by atoms with van der Waals surface area (Å²) >= 11 is 6.27. The van der Waals surface area contributed by atoms with Crippen molar-refractivity contribution in [2.75, 3.05) is 0 Å². The molecule has 5 heteroatoms. The zero-order valence-corrected chi connectivity index (χ0v) is 15.7. The van der Waals surface area contributed by atoms with Crippen LogP contribution in [-0.2, 0) is 0 Å². The highest BCUT2D eigenvalue weighted by Gasteiger charge is 2.14. The Morgan fingerprint density at radius 1 is 1.11 bits per heavy atom. The third kappa shape index (κ3) is 3.11. The van der Waals surface area contributed by atoms with Crippen LogP contribution in [0.2, 0.25) is 5.02 Å². The highest BCUT2D eigenvalue weighted by molar-refractivity contribution is 6.33.